The van der Waals surface area contributed by atoms with E-state index in [2.05, 4.69) is 14.0 Å². The molecule has 0 bridgehead atoms. The Balaban J connectivity index is 2.14. The number of aromatic nitrogens is 1. The molecule has 0 saturated carbocycles. The minimum Gasteiger partial charge on any atom is -0.302 e. The zero-order valence-corrected chi connectivity index (χ0v) is 9.17. The van der Waals surface area contributed by atoms with Crippen molar-refractivity contribution in [3.05, 3.63) is 30.1 Å². The fourth-order valence-corrected chi connectivity index (χ4v) is 2.29. The number of rotatable bonds is 2. The Morgan fingerprint density at radius 3 is 3.00 bits per heavy atom. The number of phosphoric ester groups is 1. The fraction of sp³-hybridized carbons (Fsp3) is 0.333. The van der Waals surface area contributed by atoms with Gasteiger partial charge in [-0.3, -0.25) is 18.8 Å². The van der Waals surface area contributed by atoms with Crippen molar-refractivity contribution in [2.24, 2.45) is 0 Å². The molecule has 0 radical (unpaired) electrons. The molecule has 1 N–H and O–H groups in total. The second kappa shape index (κ2) is 4.43. The fourth-order valence-electron chi connectivity index (χ4n) is 1.37. The van der Waals surface area contributed by atoms with Gasteiger partial charge in [-0.1, -0.05) is 6.07 Å². The molecule has 0 amide bonds. The Hall–Kier alpha value is -1.07. The molecule has 2 heterocycles. The van der Waals surface area contributed by atoms with Crippen LogP contribution in [-0.4, -0.2) is 28.4 Å². The highest BCUT2D eigenvalue weighted by Gasteiger charge is 2.36. The van der Waals surface area contributed by atoms with Crippen LogP contribution in [0.25, 0.3) is 0 Å². The number of nitrogens with zero attached hydrogens (tertiary/aromatic N) is 1. The van der Waals surface area contributed by atoms with Gasteiger partial charge in [-0.15, -0.1) is 0 Å². The largest absolute Gasteiger partial charge is 0.472 e. The summed E-state index contributed by atoms with van der Waals surface area (Å²) in [6.07, 6.45) is 0.768. The topological polar surface area (TPSA) is 85.7 Å². The van der Waals surface area contributed by atoms with Gasteiger partial charge in [-0.2, -0.15) is 0 Å². The van der Waals surface area contributed by atoms with Crippen molar-refractivity contribution in [2.45, 2.75) is 12.5 Å². The van der Waals surface area contributed by atoms with Gasteiger partial charge in [0.05, 0.1) is 6.61 Å². The van der Waals surface area contributed by atoms with E-state index in [1.165, 1.54) is 12.3 Å². The summed E-state index contributed by atoms with van der Waals surface area (Å²) in [5.41, 5.74) is 0.217. The normalized spacial score (nSPS) is 29.9. The third kappa shape index (κ3) is 2.54. The molecule has 1 aromatic rings. The van der Waals surface area contributed by atoms with Crippen molar-refractivity contribution in [1.82, 2.24) is 4.98 Å². The Morgan fingerprint density at radius 1 is 1.56 bits per heavy atom. The van der Waals surface area contributed by atoms with E-state index in [4.69, 9.17) is 4.89 Å². The van der Waals surface area contributed by atoms with Crippen molar-refractivity contribution in [3.63, 3.8) is 0 Å². The quantitative estimate of drug-likeness (QED) is 0.619. The number of ketones is 1. The first-order valence-electron chi connectivity index (χ1n) is 4.69. The van der Waals surface area contributed by atoms with Gasteiger partial charge in [0.15, 0.2) is 0 Å². The highest BCUT2D eigenvalue weighted by Crippen LogP contribution is 2.48. The summed E-state index contributed by atoms with van der Waals surface area (Å²) in [6.45, 7) is 0.0248. The molecule has 0 aromatic carbocycles. The molecule has 0 spiro atoms. The number of carbonyl (C=O) groups is 1. The van der Waals surface area contributed by atoms with E-state index in [9.17, 15) is 9.36 Å². The lowest BCUT2D eigenvalue weighted by Gasteiger charge is -2.24. The van der Waals surface area contributed by atoms with Crippen LogP contribution in [0.15, 0.2) is 24.4 Å². The summed E-state index contributed by atoms with van der Waals surface area (Å²) in [5.74, 6) is -0.404. The Kier molecular flexibility index (Phi) is 3.16. The highest BCUT2D eigenvalue weighted by molar-refractivity contribution is 7.47. The van der Waals surface area contributed by atoms with Gasteiger partial charge >= 0.3 is 7.82 Å². The molecule has 1 fully saturated rings. The van der Waals surface area contributed by atoms with Crippen LogP contribution in [-0.2, 0) is 13.6 Å². The van der Waals surface area contributed by atoms with E-state index in [1.54, 1.807) is 12.1 Å². The van der Waals surface area contributed by atoms with E-state index in [0.717, 1.165) is 0 Å². The second-order valence-electron chi connectivity index (χ2n) is 3.26. The lowest BCUT2D eigenvalue weighted by molar-refractivity contribution is 0.0385. The van der Waals surface area contributed by atoms with Crippen LogP contribution < -0.4 is 0 Å². The number of Topliss-reactive ketones (excluding diaryl/α,β-unsaturated/α-hetero) is 1. The first kappa shape index (κ1) is 11.4. The summed E-state index contributed by atoms with van der Waals surface area (Å²) in [5, 5.41) is 0. The van der Waals surface area contributed by atoms with E-state index in [0.29, 0.717) is 0 Å². The summed E-state index contributed by atoms with van der Waals surface area (Å²) in [7, 11) is -4.07. The van der Waals surface area contributed by atoms with Crippen molar-refractivity contribution in [3.8, 4) is 0 Å². The Labute approximate surface area is 91.8 Å². The molecular weight excluding hydrogens is 233 g/mol. The van der Waals surface area contributed by atoms with Gasteiger partial charge < -0.3 is 4.89 Å². The maximum atomic E-state index is 11.8. The highest BCUT2D eigenvalue weighted by atomic mass is 31.2. The molecule has 2 unspecified atom stereocenters. The van der Waals surface area contributed by atoms with Gasteiger partial charge in [0.2, 0.25) is 5.78 Å². The predicted octanol–water partition coefficient (Wildman–Crippen LogP) is 1.17. The van der Waals surface area contributed by atoms with Crippen molar-refractivity contribution < 1.29 is 23.3 Å². The number of hydrogen-bond acceptors (Lipinski definition) is 5. The molecule has 1 aliphatic rings. The number of pyridine rings is 1. The molecule has 86 valence electrons. The van der Waals surface area contributed by atoms with Crippen LogP contribution in [0, 0.1) is 0 Å². The number of phosphoric acid groups is 1. The van der Waals surface area contributed by atoms with Crippen molar-refractivity contribution in [1.29, 1.82) is 0 Å². The third-order valence-electron chi connectivity index (χ3n) is 2.10. The molecule has 0 aliphatic carbocycles. The molecule has 1 aromatic heterocycles. The minimum atomic E-state index is -4.07. The molecule has 2 atom stereocenters. The van der Waals surface area contributed by atoms with Gasteiger partial charge in [-0.25, -0.2) is 4.57 Å². The zero-order chi connectivity index (χ0) is 11.6. The summed E-state index contributed by atoms with van der Waals surface area (Å²) in [6, 6.07) is 4.88. The van der Waals surface area contributed by atoms with Crippen LogP contribution in [0.3, 0.4) is 0 Å². The van der Waals surface area contributed by atoms with Crippen LogP contribution in [0.2, 0.25) is 0 Å². The van der Waals surface area contributed by atoms with E-state index in [-0.39, 0.29) is 18.7 Å². The van der Waals surface area contributed by atoms with Gasteiger partial charge in [0.25, 0.3) is 0 Å². The maximum Gasteiger partial charge on any atom is 0.472 e. The van der Waals surface area contributed by atoms with Crippen molar-refractivity contribution in [2.75, 3.05) is 6.61 Å². The number of hydrogen-bond donors (Lipinski definition) is 1. The van der Waals surface area contributed by atoms with Crippen LogP contribution >= 0.6 is 7.82 Å². The third-order valence-corrected chi connectivity index (χ3v) is 3.13. The maximum absolute atomic E-state index is 11.8. The molecule has 1 saturated heterocycles. The molecule has 1 aliphatic heterocycles. The van der Waals surface area contributed by atoms with Gasteiger partial charge in [0, 0.05) is 12.6 Å². The van der Waals surface area contributed by atoms with Crippen LogP contribution in [0.4, 0.5) is 0 Å². The second-order valence-corrected chi connectivity index (χ2v) is 4.67. The predicted molar refractivity (Wildman–Crippen MR) is 53.8 cm³/mol. The SMILES string of the molecule is O=C(c1ccccn1)C1CCOP(=O)(O)O1. The first-order valence-corrected chi connectivity index (χ1v) is 6.19. The summed E-state index contributed by atoms with van der Waals surface area (Å²) < 4.78 is 20.3. The Morgan fingerprint density at radius 2 is 2.38 bits per heavy atom. The first-order chi connectivity index (χ1) is 7.58. The minimum absolute atomic E-state index is 0.0248. The number of carbonyl (C=O) groups excluding carboxylic acids is 1. The van der Waals surface area contributed by atoms with Gasteiger partial charge in [-0.05, 0) is 12.1 Å². The van der Waals surface area contributed by atoms with Crippen LogP contribution in [0.1, 0.15) is 16.9 Å². The van der Waals surface area contributed by atoms with Crippen LogP contribution in [0.5, 0.6) is 0 Å². The van der Waals surface area contributed by atoms with E-state index >= 15 is 0 Å². The summed E-state index contributed by atoms with van der Waals surface area (Å²) in [4.78, 5) is 24.8. The standard InChI is InChI=1S/C9H10NO5P/c11-9(7-3-1-2-5-10-7)8-4-6-14-16(12,13)15-8/h1-3,5,8H,4,6H2,(H,12,13). The zero-order valence-electron chi connectivity index (χ0n) is 8.28. The lowest BCUT2D eigenvalue weighted by atomic mass is 10.1. The Bertz CT molecular complexity index is 435. The van der Waals surface area contributed by atoms with Gasteiger partial charge in [0.1, 0.15) is 11.8 Å². The molecule has 6 nitrogen and oxygen atoms in total. The summed E-state index contributed by atoms with van der Waals surface area (Å²) >= 11 is 0. The van der Waals surface area contributed by atoms with E-state index in [1.807, 2.05) is 0 Å². The smallest absolute Gasteiger partial charge is 0.302 e. The lowest BCUT2D eigenvalue weighted by Crippen LogP contribution is -2.29. The molecule has 7 heteroatoms. The molecule has 2 rings (SSSR count). The molecule has 16 heavy (non-hydrogen) atoms. The monoisotopic (exact) mass is 243 g/mol. The average Bonchev–Trinajstić information content (AvgIpc) is 2.28. The van der Waals surface area contributed by atoms with E-state index < -0.39 is 19.7 Å². The molecular formula is C9H10NO5P. The van der Waals surface area contributed by atoms with Crippen molar-refractivity contribution >= 4 is 13.6 Å². The average molecular weight is 243 g/mol.